The summed E-state index contributed by atoms with van der Waals surface area (Å²) in [5, 5.41) is 3.18. The van der Waals surface area contributed by atoms with E-state index < -0.39 is 0 Å². The van der Waals surface area contributed by atoms with Gasteiger partial charge in [0, 0.05) is 10.0 Å². The van der Waals surface area contributed by atoms with Gasteiger partial charge in [0.15, 0.2) is 12.2 Å². The number of benzene rings is 3. The smallest absolute Gasteiger partial charge is 0.262 e. The van der Waals surface area contributed by atoms with Gasteiger partial charge >= 0.3 is 0 Å². The molecule has 0 aliphatic heterocycles. The summed E-state index contributed by atoms with van der Waals surface area (Å²) in [5.74, 6) is 0.744. The van der Waals surface area contributed by atoms with Crippen LogP contribution in [0, 0.1) is 6.92 Å². The molecule has 7 heteroatoms. The molecule has 0 fully saturated rings. The molecular weight excluding hydrogens is 456 g/mol. The van der Waals surface area contributed by atoms with Crippen LogP contribution in [-0.2, 0) is 4.79 Å². The molecule has 146 valence electrons. The maximum Gasteiger partial charge on any atom is 0.262 e. The molecule has 0 spiro atoms. The van der Waals surface area contributed by atoms with Gasteiger partial charge in [-0.2, -0.15) is 0 Å². The summed E-state index contributed by atoms with van der Waals surface area (Å²) in [4.78, 5) is 16.8. The molecule has 0 saturated heterocycles. The Morgan fingerprint density at radius 3 is 2.72 bits per heavy atom. The van der Waals surface area contributed by atoms with Crippen LogP contribution in [0.1, 0.15) is 5.56 Å². The number of halogens is 2. The van der Waals surface area contributed by atoms with Crippen molar-refractivity contribution in [2.75, 3.05) is 11.9 Å². The molecule has 4 rings (SSSR count). The van der Waals surface area contributed by atoms with Gasteiger partial charge in [0.1, 0.15) is 11.3 Å². The first-order chi connectivity index (χ1) is 14.0. The predicted octanol–water partition coefficient (Wildman–Crippen LogP) is 6.24. The summed E-state index contributed by atoms with van der Waals surface area (Å²) >= 11 is 9.61. The Labute approximate surface area is 180 Å². The largest absolute Gasteiger partial charge is 0.484 e. The fraction of sp³-hybridized carbons (Fsp3) is 0.0909. The Kier molecular flexibility index (Phi) is 5.56. The summed E-state index contributed by atoms with van der Waals surface area (Å²) < 4.78 is 12.3. The highest BCUT2D eigenvalue weighted by Crippen LogP contribution is 2.30. The second-order valence-electron chi connectivity index (χ2n) is 6.48. The number of anilines is 1. The van der Waals surface area contributed by atoms with E-state index in [0.717, 1.165) is 15.6 Å². The van der Waals surface area contributed by atoms with Crippen LogP contribution in [-0.4, -0.2) is 17.5 Å². The number of carbonyl (C=O) groups excluding carboxylic acids is 1. The van der Waals surface area contributed by atoms with Crippen molar-refractivity contribution in [3.05, 3.63) is 75.7 Å². The van der Waals surface area contributed by atoms with Crippen LogP contribution >= 0.6 is 27.5 Å². The van der Waals surface area contributed by atoms with E-state index in [1.54, 1.807) is 30.3 Å². The van der Waals surface area contributed by atoms with Crippen LogP contribution in [0.3, 0.4) is 0 Å². The van der Waals surface area contributed by atoms with Gasteiger partial charge in [0.05, 0.1) is 10.7 Å². The van der Waals surface area contributed by atoms with Crippen molar-refractivity contribution < 1.29 is 13.9 Å². The van der Waals surface area contributed by atoms with Crippen LogP contribution < -0.4 is 10.1 Å². The number of aromatic nitrogens is 1. The van der Waals surface area contributed by atoms with Gasteiger partial charge in [0.25, 0.3) is 5.91 Å². The lowest BCUT2D eigenvalue weighted by molar-refractivity contribution is -0.118. The molecule has 0 saturated carbocycles. The first kappa shape index (κ1) is 19.5. The number of aryl methyl sites for hydroxylation is 1. The minimum Gasteiger partial charge on any atom is -0.484 e. The molecule has 4 aromatic rings. The van der Waals surface area contributed by atoms with Crippen molar-refractivity contribution >= 4 is 50.2 Å². The van der Waals surface area contributed by atoms with Crippen LogP contribution in [0.5, 0.6) is 5.75 Å². The highest BCUT2D eigenvalue weighted by atomic mass is 79.9. The molecule has 1 N–H and O–H groups in total. The van der Waals surface area contributed by atoms with E-state index >= 15 is 0 Å². The second-order valence-corrected chi connectivity index (χ2v) is 7.80. The Morgan fingerprint density at radius 2 is 1.93 bits per heavy atom. The normalized spacial score (nSPS) is 10.9. The molecule has 0 unspecified atom stereocenters. The lowest BCUT2D eigenvalue weighted by atomic mass is 10.2. The number of nitrogens with zero attached hydrogens (tertiary/aromatic N) is 1. The zero-order valence-electron chi connectivity index (χ0n) is 15.4. The number of carbonyl (C=O) groups is 1. The first-order valence-electron chi connectivity index (χ1n) is 8.83. The molecule has 1 heterocycles. The number of hydrogen-bond acceptors (Lipinski definition) is 4. The van der Waals surface area contributed by atoms with Gasteiger partial charge in [-0.05, 0) is 67.1 Å². The third kappa shape index (κ3) is 4.60. The number of ether oxygens (including phenoxy) is 1. The number of rotatable bonds is 5. The SMILES string of the molecule is Cc1ccc2nc(-c3ccc(Cl)c(NC(=O)COc4ccc(Br)cc4)c3)oc2c1. The lowest BCUT2D eigenvalue weighted by Gasteiger charge is -2.10. The van der Waals surface area contributed by atoms with E-state index in [1.165, 1.54) is 0 Å². The van der Waals surface area contributed by atoms with Crippen molar-refractivity contribution in [2.24, 2.45) is 0 Å². The minimum absolute atomic E-state index is 0.135. The zero-order valence-corrected chi connectivity index (χ0v) is 17.8. The summed E-state index contributed by atoms with van der Waals surface area (Å²) in [6.45, 7) is 1.86. The Balaban J connectivity index is 1.50. The van der Waals surface area contributed by atoms with Gasteiger partial charge in [-0.15, -0.1) is 0 Å². The lowest BCUT2D eigenvalue weighted by Crippen LogP contribution is -2.20. The second kappa shape index (κ2) is 8.27. The topological polar surface area (TPSA) is 64.4 Å². The fourth-order valence-corrected chi connectivity index (χ4v) is 3.20. The Morgan fingerprint density at radius 1 is 1.14 bits per heavy atom. The van der Waals surface area contributed by atoms with Crippen molar-refractivity contribution in [3.8, 4) is 17.2 Å². The number of nitrogens with one attached hydrogen (secondary N) is 1. The van der Waals surface area contributed by atoms with Crippen LogP contribution in [0.15, 0.2) is 69.6 Å². The molecule has 3 aromatic carbocycles. The molecule has 0 radical (unpaired) electrons. The summed E-state index contributed by atoms with van der Waals surface area (Å²) in [7, 11) is 0. The van der Waals surface area contributed by atoms with Gasteiger partial charge in [-0.25, -0.2) is 4.98 Å². The fourth-order valence-electron chi connectivity index (χ4n) is 2.78. The van der Waals surface area contributed by atoms with E-state index in [9.17, 15) is 4.79 Å². The summed E-state index contributed by atoms with van der Waals surface area (Å²) in [6.07, 6.45) is 0. The van der Waals surface area contributed by atoms with E-state index in [-0.39, 0.29) is 12.5 Å². The molecule has 1 aromatic heterocycles. The van der Waals surface area contributed by atoms with Crippen LogP contribution in [0.25, 0.3) is 22.6 Å². The highest BCUT2D eigenvalue weighted by molar-refractivity contribution is 9.10. The number of amides is 1. The number of fused-ring (bicyclic) bond motifs is 1. The Hall–Kier alpha value is -2.83. The van der Waals surface area contributed by atoms with Gasteiger partial charge in [-0.3, -0.25) is 4.79 Å². The molecule has 5 nitrogen and oxygen atoms in total. The monoisotopic (exact) mass is 470 g/mol. The summed E-state index contributed by atoms with van der Waals surface area (Å²) in [6, 6.07) is 18.3. The number of hydrogen-bond donors (Lipinski definition) is 1. The molecular formula is C22H16BrClN2O3. The third-order valence-electron chi connectivity index (χ3n) is 4.21. The molecule has 0 bridgehead atoms. The van der Waals surface area contributed by atoms with Gasteiger partial charge in [0.2, 0.25) is 5.89 Å². The van der Waals surface area contributed by atoms with Gasteiger partial charge < -0.3 is 14.5 Å². The van der Waals surface area contributed by atoms with Crippen molar-refractivity contribution in [1.82, 2.24) is 4.98 Å². The highest BCUT2D eigenvalue weighted by Gasteiger charge is 2.13. The van der Waals surface area contributed by atoms with E-state index in [4.69, 9.17) is 20.8 Å². The zero-order chi connectivity index (χ0) is 20.4. The van der Waals surface area contributed by atoms with E-state index in [0.29, 0.717) is 33.5 Å². The van der Waals surface area contributed by atoms with E-state index in [2.05, 4.69) is 26.2 Å². The quantitative estimate of drug-likeness (QED) is 0.374. The molecule has 29 heavy (non-hydrogen) atoms. The van der Waals surface area contributed by atoms with Crippen LogP contribution in [0.2, 0.25) is 5.02 Å². The van der Waals surface area contributed by atoms with Crippen molar-refractivity contribution in [1.29, 1.82) is 0 Å². The average Bonchev–Trinajstić information content (AvgIpc) is 3.12. The molecule has 1 amide bonds. The molecule has 0 aliphatic rings. The summed E-state index contributed by atoms with van der Waals surface area (Å²) in [5.41, 5.74) is 3.76. The first-order valence-corrected chi connectivity index (χ1v) is 10.0. The maximum atomic E-state index is 12.3. The van der Waals surface area contributed by atoms with Gasteiger partial charge in [-0.1, -0.05) is 33.6 Å². The average molecular weight is 472 g/mol. The standard InChI is InChI=1S/C22H16BrClN2O3/c1-13-2-9-18-20(10-13)29-22(26-18)14-3-8-17(24)19(11-14)25-21(27)12-28-16-6-4-15(23)5-7-16/h2-11H,12H2,1H3,(H,25,27). The number of oxazole rings is 1. The van der Waals surface area contributed by atoms with E-state index in [1.807, 2.05) is 37.3 Å². The Bertz CT molecular complexity index is 1190. The predicted molar refractivity (Wildman–Crippen MR) is 117 cm³/mol. The minimum atomic E-state index is -0.319. The van der Waals surface area contributed by atoms with Crippen molar-refractivity contribution in [2.45, 2.75) is 6.92 Å². The molecule has 0 atom stereocenters. The van der Waals surface area contributed by atoms with Crippen molar-refractivity contribution in [3.63, 3.8) is 0 Å². The van der Waals surface area contributed by atoms with Crippen LogP contribution in [0.4, 0.5) is 5.69 Å². The maximum absolute atomic E-state index is 12.3. The third-order valence-corrected chi connectivity index (χ3v) is 5.07. The molecule has 0 aliphatic carbocycles.